The average Bonchev–Trinajstić information content (AvgIpc) is 3.05. The second kappa shape index (κ2) is 6.89. The van der Waals surface area contributed by atoms with Gasteiger partial charge in [0, 0.05) is 18.4 Å². The molecule has 0 heterocycles. The molecule has 2 fully saturated rings. The highest BCUT2D eigenvalue weighted by Gasteiger charge is 2.26. The number of aliphatic hydroxyl groups is 1. The lowest BCUT2D eigenvalue weighted by Gasteiger charge is -2.15. The topological polar surface area (TPSA) is 78.4 Å². The highest BCUT2D eigenvalue weighted by atomic mass is 16.3. The molecule has 0 saturated heterocycles. The monoisotopic (exact) mass is 268 g/mol. The lowest BCUT2D eigenvalue weighted by atomic mass is 10.1. The van der Waals surface area contributed by atoms with Gasteiger partial charge in [-0.2, -0.15) is 0 Å². The molecule has 19 heavy (non-hydrogen) atoms. The van der Waals surface area contributed by atoms with Crippen LogP contribution in [0.1, 0.15) is 44.9 Å². The van der Waals surface area contributed by atoms with Crippen molar-refractivity contribution in [3.63, 3.8) is 0 Å². The zero-order valence-corrected chi connectivity index (χ0v) is 11.4. The summed E-state index contributed by atoms with van der Waals surface area (Å²) in [7, 11) is 0. The molecular weight excluding hydrogens is 244 g/mol. The molecule has 2 amide bonds. The molecule has 2 rings (SSSR count). The summed E-state index contributed by atoms with van der Waals surface area (Å²) in [6.45, 7) is 0.567. The van der Waals surface area contributed by atoms with Gasteiger partial charge in [0.25, 0.3) is 0 Å². The number of carbonyl (C=O) groups is 2. The molecule has 2 atom stereocenters. The number of hydrogen-bond acceptors (Lipinski definition) is 3. The van der Waals surface area contributed by atoms with Crippen LogP contribution in [0.5, 0.6) is 0 Å². The second-order valence-corrected chi connectivity index (χ2v) is 5.76. The Labute approximate surface area is 114 Å². The molecule has 0 radical (unpaired) electrons. The molecule has 5 nitrogen and oxygen atoms in total. The van der Waals surface area contributed by atoms with Crippen LogP contribution in [0.4, 0.5) is 0 Å². The van der Waals surface area contributed by atoms with Gasteiger partial charge in [-0.25, -0.2) is 0 Å². The highest BCUT2D eigenvalue weighted by molar-refractivity contribution is 5.85. The van der Waals surface area contributed by atoms with Crippen molar-refractivity contribution in [2.45, 2.75) is 51.0 Å². The van der Waals surface area contributed by atoms with Gasteiger partial charge in [-0.3, -0.25) is 9.59 Å². The number of rotatable bonds is 5. The normalized spacial score (nSPS) is 27.4. The van der Waals surface area contributed by atoms with E-state index >= 15 is 0 Å². The second-order valence-electron chi connectivity index (χ2n) is 5.76. The summed E-state index contributed by atoms with van der Waals surface area (Å²) < 4.78 is 0. The molecule has 0 aromatic rings. The van der Waals surface area contributed by atoms with Crippen molar-refractivity contribution in [1.82, 2.24) is 10.6 Å². The maximum atomic E-state index is 11.7. The smallest absolute Gasteiger partial charge is 0.239 e. The van der Waals surface area contributed by atoms with E-state index in [2.05, 4.69) is 10.6 Å². The fourth-order valence-corrected chi connectivity index (χ4v) is 3.06. The van der Waals surface area contributed by atoms with Crippen LogP contribution in [-0.4, -0.2) is 36.1 Å². The summed E-state index contributed by atoms with van der Waals surface area (Å²) in [4.78, 5) is 23.3. The molecule has 2 aliphatic carbocycles. The van der Waals surface area contributed by atoms with E-state index in [1.165, 1.54) is 0 Å². The first-order chi connectivity index (χ1) is 9.16. The standard InChI is InChI=1S/C14H24N2O3/c17-12-7-3-6-11(12)8-15-13(18)9-16-14(19)10-4-1-2-5-10/h10-12,17H,1-9H2,(H,15,18)(H,16,19). The van der Waals surface area contributed by atoms with Crippen LogP contribution in [0.25, 0.3) is 0 Å². The minimum atomic E-state index is -0.284. The van der Waals surface area contributed by atoms with Crippen LogP contribution in [-0.2, 0) is 9.59 Å². The molecule has 0 aliphatic heterocycles. The number of aliphatic hydroxyl groups excluding tert-OH is 1. The lowest BCUT2D eigenvalue weighted by Crippen LogP contribution is -2.41. The fourth-order valence-electron chi connectivity index (χ4n) is 3.06. The van der Waals surface area contributed by atoms with Crippen LogP contribution >= 0.6 is 0 Å². The molecule has 2 unspecified atom stereocenters. The van der Waals surface area contributed by atoms with Gasteiger partial charge in [0.05, 0.1) is 12.6 Å². The van der Waals surface area contributed by atoms with E-state index in [1.54, 1.807) is 0 Å². The largest absolute Gasteiger partial charge is 0.393 e. The van der Waals surface area contributed by atoms with Crippen molar-refractivity contribution in [2.24, 2.45) is 11.8 Å². The van der Waals surface area contributed by atoms with Gasteiger partial charge in [-0.15, -0.1) is 0 Å². The third-order valence-corrected chi connectivity index (χ3v) is 4.33. The lowest BCUT2D eigenvalue weighted by molar-refractivity contribution is -0.128. The van der Waals surface area contributed by atoms with E-state index in [4.69, 9.17) is 0 Å². The highest BCUT2D eigenvalue weighted by Crippen LogP contribution is 2.25. The number of amides is 2. The van der Waals surface area contributed by atoms with Crippen LogP contribution in [0, 0.1) is 11.8 Å². The molecule has 2 aliphatic rings. The number of carbonyl (C=O) groups excluding carboxylic acids is 2. The Morgan fingerprint density at radius 2 is 1.74 bits per heavy atom. The van der Waals surface area contributed by atoms with Gasteiger partial charge in [0.15, 0.2) is 0 Å². The van der Waals surface area contributed by atoms with E-state index in [9.17, 15) is 14.7 Å². The molecule has 0 aromatic carbocycles. The summed E-state index contributed by atoms with van der Waals surface area (Å²) in [6.07, 6.45) is 6.67. The minimum absolute atomic E-state index is 0.00792. The Kier molecular flexibility index (Phi) is 5.19. The average molecular weight is 268 g/mol. The summed E-state index contributed by atoms with van der Waals surface area (Å²) in [6, 6.07) is 0. The zero-order valence-electron chi connectivity index (χ0n) is 11.4. The summed E-state index contributed by atoms with van der Waals surface area (Å²) in [5.41, 5.74) is 0. The van der Waals surface area contributed by atoms with Gasteiger partial charge in [0.1, 0.15) is 0 Å². The van der Waals surface area contributed by atoms with Crippen molar-refractivity contribution >= 4 is 11.8 Å². The van der Waals surface area contributed by atoms with Crippen LogP contribution < -0.4 is 10.6 Å². The number of hydrogen-bond donors (Lipinski definition) is 3. The van der Waals surface area contributed by atoms with Crippen molar-refractivity contribution < 1.29 is 14.7 Å². The van der Waals surface area contributed by atoms with Crippen molar-refractivity contribution in [3.05, 3.63) is 0 Å². The molecular formula is C14H24N2O3. The first kappa shape index (κ1) is 14.3. The van der Waals surface area contributed by atoms with E-state index in [-0.39, 0.29) is 36.3 Å². The Bertz CT molecular complexity index is 327. The van der Waals surface area contributed by atoms with E-state index < -0.39 is 0 Å². The molecule has 0 aromatic heterocycles. The summed E-state index contributed by atoms with van der Waals surface area (Å²) in [5.74, 6) is 0.123. The molecule has 0 bridgehead atoms. The third kappa shape index (κ3) is 4.20. The maximum Gasteiger partial charge on any atom is 0.239 e. The first-order valence-corrected chi connectivity index (χ1v) is 7.39. The Balaban J connectivity index is 1.60. The van der Waals surface area contributed by atoms with Crippen molar-refractivity contribution in [1.29, 1.82) is 0 Å². The molecule has 3 N–H and O–H groups in total. The van der Waals surface area contributed by atoms with E-state index in [0.29, 0.717) is 6.54 Å². The third-order valence-electron chi connectivity index (χ3n) is 4.33. The van der Waals surface area contributed by atoms with Crippen LogP contribution in [0.3, 0.4) is 0 Å². The molecule has 0 spiro atoms. The van der Waals surface area contributed by atoms with Gasteiger partial charge in [-0.05, 0) is 25.7 Å². The Morgan fingerprint density at radius 1 is 1.00 bits per heavy atom. The SMILES string of the molecule is O=C(CNC(=O)C1CCCC1)NCC1CCCC1O. The molecule has 2 saturated carbocycles. The zero-order chi connectivity index (χ0) is 13.7. The van der Waals surface area contributed by atoms with E-state index in [0.717, 1.165) is 44.9 Å². The van der Waals surface area contributed by atoms with Gasteiger partial charge in [0.2, 0.25) is 11.8 Å². The predicted molar refractivity (Wildman–Crippen MR) is 71.3 cm³/mol. The molecule has 108 valence electrons. The first-order valence-electron chi connectivity index (χ1n) is 7.39. The summed E-state index contributed by atoms with van der Waals surface area (Å²) in [5, 5.41) is 15.1. The van der Waals surface area contributed by atoms with Crippen LogP contribution in [0.15, 0.2) is 0 Å². The van der Waals surface area contributed by atoms with Gasteiger partial charge < -0.3 is 15.7 Å². The van der Waals surface area contributed by atoms with E-state index in [1.807, 2.05) is 0 Å². The maximum absolute atomic E-state index is 11.7. The van der Waals surface area contributed by atoms with Crippen molar-refractivity contribution in [3.8, 4) is 0 Å². The Morgan fingerprint density at radius 3 is 2.37 bits per heavy atom. The fraction of sp³-hybridized carbons (Fsp3) is 0.857. The summed E-state index contributed by atoms with van der Waals surface area (Å²) >= 11 is 0. The number of nitrogens with one attached hydrogen (secondary N) is 2. The van der Waals surface area contributed by atoms with Crippen LogP contribution in [0.2, 0.25) is 0 Å². The quantitative estimate of drug-likeness (QED) is 0.682. The molecule has 5 heteroatoms. The minimum Gasteiger partial charge on any atom is -0.393 e. The Hall–Kier alpha value is -1.10. The van der Waals surface area contributed by atoms with Gasteiger partial charge >= 0.3 is 0 Å². The van der Waals surface area contributed by atoms with Crippen molar-refractivity contribution in [2.75, 3.05) is 13.1 Å². The van der Waals surface area contributed by atoms with Gasteiger partial charge in [-0.1, -0.05) is 19.3 Å². The predicted octanol–water partition coefficient (Wildman–Crippen LogP) is 0.570.